The minimum atomic E-state index is -0.496. The molecular formula is C16H15NO5. The molecule has 1 aromatic carbocycles. The van der Waals surface area contributed by atoms with Crippen LogP contribution < -0.4 is 5.63 Å². The standard InChI is InChI=1S/C16H15NO5/c1-3-4-15(18)20-8-10-5-16(19)22-13-7-14-12(6-11(10)13)17-9(2)21-14/h5-7H,3-4,8H2,1-2H3. The molecule has 0 N–H and O–H groups in total. The molecule has 0 amide bonds. The molecule has 0 unspecified atom stereocenters. The smallest absolute Gasteiger partial charge is 0.336 e. The van der Waals surface area contributed by atoms with Gasteiger partial charge >= 0.3 is 11.6 Å². The second-order valence-electron chi connectivity index (χ2n) is 5.05. The molecule has 114 valence electrons. The molecule has 3 rings (SSSR count). The first-order valence-electron chi connectivity index (χ1n) is 7.06. The molecule has 22 heavy (non-hydrogen) atoms. The molecule has 6 heteroatoms. The second kappa shape index (κ2) is 5.63. The van der Waals surface area contributed by atoms with Crippen LogP contribution in [0.1, 0.15) is 31.2 Å². The molecule has 0 fully saturated rings. The molecule has 0 atom stereocenters. The highest BCUT2D eigenvalue weighted by molar-refractivity contribution is 5.92. The van der Waals surface area contributed by atoms with E-state index >= 15 is 0 Å². The molecule has 3 aromatic rings. The van der Waals surface area contributed by atoms with E-state index in [1.165, 1.54) is 6.07 Å². The van der Waals surface area contributed by atoms with Crippen molar-refractivity contribution < 1.29 is 18.4 Å². The van der Waals surface area contributed by atoms with Crippen LogP contribution in [0.25, 0.3) is 22.1 Å². The largest absolute Gasteiger partial charge is 0.461 e. The van der Waals surface area contributed by atoms with Crippen molar-refractivity contribution in [2.24, 2.45) is 0 Å². The van der Waals surface area contributed by atoms with Gasteiger partial charge in [-0.3, -0.25) is 4.79 Å². The van der Waals surface area contributed by atoms with Crippen LogP contribution in [0.5, 0.6) is 0 Å². The molecule has 0 bridgehead atoms. The van der Waals surface area contributed by atoms with Crippen molar-refractivity contribution in [2.75, 3.05) is 0 Å². The fourth-order valence-corrected chi connectivity index (χ4v) is 2.32. The maximum absolute atomic E-state index is 11.7. The highest BCUT2D eigenvalue weighted by Gasteiger charge is 2.12. The molecule has 0 aliphatic carbocycles. The van der Waals surface area contributed by atoms with E-state index in [9.17, 15) is 9.59 Å². The first-order valence-corrected chi connectivity index (χ1v) is 7.06. The van der Waals surface area contributed by atoms with E-state index in [0.29, 0.717) is 39.9 Å². The molecule has 0 saturated carbocycles. The van der Waals surface area contributed by atoms with E-state index in [0.717, 1.165) is 6.42 Å². The lowest BCUT2D eigenvalue weighted by Gasteiger charge is -2.06. The molecule has 0 saturated heterocycles. The zero-order valence-corrected chi connectivity index (χ0v) is 12.3. The van der Waals surface area contributed by atoms with Crippen LogP contribution in [-0.2, 0) is 16.1 Å². The number of hydrogen-bond acceptors (Lipinski definition) is 6. The third kappa shape index (κ3) is 2.72. The molecule has 0 spiro atoms. The maximum atomic E-state index is 11.7. The van der Waals surface area contributed by atoms with E-state index < -0.39 is 5.63 Å². The van der Waals surface area contributed by atoms with Crippen molar-refractivity contribution in [1.82, 2.24) is 4.98 Å². The summed E-state index contributed by atoms with van der Waals surface area (Å²) >= 11 is 0. The number of rotatable bonds is 4. The molecule has 0 aliphatic rings. The number of hydrogen-bond donors (Lipinski definition) is 0. The zero-order chi connectivity index (χ0) is 15.7. The van der Waals surface area contributed by atoms with Gasteiger partial charge in [0.05, 0.1) is 0 Å². The number of carbonyl (C=O) groups is 1. The topological polar surface area (TPSA) is 82.5 Å². The molecule has 0 aliphatic heterocycles. The average molecular weight is 301 g/mol. The lowest BCUT2D eigenvalue weighted by molar-refractivity contribution is -0.144. The number of carbonyl (C=O) groups excluding carboxylic acids is 1. The third-order valence-electron chi connectivity index (χ3n) is 3.29. The lowest BCUT2D eigenvalue weighted by atomic mass is 10.1. The summed E-state index contributed by atoms with van der Waals surface area (Å²) in [4.78, 5) is 27.4. The fourth-order valence-electron chi connectivity index (χ4n) is 2.32. The van der Waals surface area contributed by atoms with Gasteiger partial charge in [-0.1, -0.05) is 6.92 Å². The molecular weight excluding hydrogens is 286 g/mol. The van der Waals surface area contributed by atoms with Gasteiger partial charge in [-0.2, -0.15) is 0 Å². The predicted octanol–water partition coefficient (Wildman–Crippen LogP) is 3.09. The minimum absolute atomic E-state index is 0.0310. The monoisotopic (exact) mass is 301 g/mol. The minimum Gasteiger partial charge on any atom is -0.461 e. The summed E-state index contributed by atoms with van der Waals surface area (Å²) in [6.07, 6.45) is 1.07. The summed E-state index contributed by atoms with van der Waals surface area (Å²) in [6, 6.07) is 4.73. The van der Waals surface area contributed by atoms with E-state index in [4.69, 9.17) is 13.6 Å². The van der Waals surface area contributed by atoms with Crippen LogP contribution in [0.3, 0.4) is 0 Å². The van der Waals surface area contributed by atoms with Gasteiger partial charge in [0.15, 0.2) is 11.5 Å². The van der Waals surface area contributed by atoms with Gasteiger partial charge in [0.2, 0.25) is 0 Å². The van der Waals surface area contributed by atoms with Crippen molar-refractivity contribution in [3.05, 3.63) is 40.1 Å². The van der Waals surface area contributed by atoms with Crippen LogP contribution in [-0.4, -0.2) is 11.0 Å². The summed E-state index contributed by atoms with van der Waals surface area (Å²) in [7, 11) is 0. The Labute approximate surface area is 125 Å². The van der Waals surface area contributed by atoms with E-state index in [2.05, 4.69) is 4.98 Å². The van der Waals surface area contributed by atoms with Crippen LogP contribution in [0.4, 0.5) is 0 Å². The van der Waals surface area contributed by atoms with Crippen molar-refractivity contribution in [3.8, 4) is 0 Å². The average Bonchev–Trinajstić information content (AvgIpc) is 2.81. The lowest BCUT2D eigenvalue weighted by Crippen LogP contribution is -2.07. The van der Waals surface area contributed by atoms with Gasteiger partial charge < -0.3 is 13.6 Å². The van der Waals surface area contributed by atoms with Gasteiger partial charge in [-0.25, -0.2) is 9.78 Å². The number of aromatic nitrogens is 1. The number of oxazole rings is 1. The van der Waals surface area contributed by atoms with Gasteiger partial charge in [-0.15, -0.1) is 0 Å². The zero-order valence-electron chi connectivity index (χ0n) is 12.3. The van der Waals surface area contributed by atoms with Crippen molar-refractivity contribution >= 4 is 28.0 Å². The fraction of sp³-hybridized carbons (Fsp3) is 0.312. The molecule has 2 aromatic heterocycles. The Morgan fingerprint density at radius 3 is 2.82 bits per heavy atom. The van der Waals surface area contributed by atoms with Gasteiger partial charge in [-0.05, 0) is 12.5 Å². The third-order valence-corrected chi connectivity index (χ3v) is 3.29. The quantitative estimate of drug-likeness (QED) is 0.544. The highest BCUT2D eigenvalue weighted by Crippen LogP contribution is 2.25. The van der Waals surface area contributed by atoms with E-state index in [1.54, 1.807) is 19.1 Å². The molecule has 6 nitrogen and oxygen atoms in total. The van der Waals surface area contributed by atoms with Gasteiger partial charge in [0.25, 0.3) is 0 Å². The van der Waals surface area contributed by atoms with Gasteiger partial charge in [0, 0.05) is 36.4 Å². The summed E-state index contributed by atoms with van der Waals surface area (Å²) < 4.78 is 15.8. The SMILES string of the molecule is CCCC(=O)OCc1cc(=O)oc2cc3oc(C)nc3cc12. The molecule has 2 heterocycles. The number of fused-ring (bicyclic) bond motifs is 2. The first kappa shape index (κ1) is 14.3. The summed E-state index contributed by atoms with van der Waals surface area (Å²) in [5.74, 6) is 0.242. The van der Waals surface area contributed by atoms with Crippen LogP contribution in [0.15, 0.2) is 31.8 Å². The Kier molecular flexibility index (Phi) is 3.66. The Hall–Kier alpha value is -2.63. The van der Waals surface area contributed by atoms with Crippen molar-refractivity contribution in [2.45, 2.75) is 33.3 Å². The predicted molar refractivity (Wildman–Crippen MR) is 79.5 cm³/mol. The van der Waals surface area contributed by atoms with E-state index in [-0.39, 0.29) is 12.6 Å². The maximum Gasteiger partial charge on any atom is 0.336 e. The van der Waals surface area contributed by atoms with Crippen LogP contribution in [0, 0.1) is 6.92 Å². The number of nitrogens with zero attached hydrogens (tertiary/aromatic N) is 1. The molecule has 0 radical (unpaired) electrons. The van der Waals surface area contributed by atoms with Crippen molar-refractivity contribution in [3.63, 3.8) is 0 Å². The summed E-state index contributed by atoms with van der Waals surface area (Å²) in [5.41, 5.74) is 1.70. The Bertz CT molecular complexity index is 906. The normalized spacial score (nSPS) is 11.2. The number of aryl methyl sites for hydroxylation is 1. The van der Waals surface area contributed by atoms with Gasteiger partial charge in [0.1, 0.15) is 17.7 Å². The summed E-state index contributed by atoms with van der Waals surface area (Å²) in [6.45, 7) is 3.68. The Balaban J connectivity index is 2.06. The highest BCUT2D eigenvalue weighted by atomic mass is 16.5. The number of esters is 1. The van der Waals surface area contributed by atoms with Crippen molar-refractivity contribution in [1.29, 1.82) is 0 Å². The number of ether oxygens (including phenoxy) is 1. The first-order chi connectivity index (χ1) is 10.6. The van der Waals surface area contributed by atoms with E-state index in [1.807, 2.05) is 6.92 Å². The second-order valence-corrected chi connectivity index (χ2v) is 5.05. The van der Waals surface area contributed by atoms with Crippen LogP contribution in [0.2, 0.25) is 0 Å². The Morgan fingerprint density at radius 1 is 1.23 bits per heavy atom. The Morgan fingerprint density at radius 2 is 2.05 bits per heavy atom. The summed E-state index contributed by atoms with van der Waals surface area (Å²) in [5, 5.41) is 0.685. The van der Waals surface area contributed by atoms with Crippen LogP contribution >= 0.6 is 0 Å². The number of benzene rings is 1.